The van der Waals surface area contributed by atoms with Crippen LogP contribution in [0.3, 0.4) is 0 Å². The second-order valence-corrected chi connectivity index (χ2v) is 11.3. The van der Waals surface area contributed by atoms with E-state index in [0.29, 0.717) is 27.5 Å². The Bertz CT molecular complexity index is 1830. The van der Waals surface area contributed by atoms with Crippen molar-refractivity contribution in [2.45, 2.75) is 11.6 Å². The third-order valence-electron chi connectivity index (χ3n) is 6.00. The molecule has 10 heteroatoms. The quantitative estimate of drug-likeness (QED) is 0.152. The Balaban J connectivity index is 1.48. The van der Waals surface area contributed by atoms with Crippen LogP contribution in [0.25, 0.3) is 27.6 Å². The smallest absolute Gasteiger partial charge is 0.185 e. The highest BCUT2D eigenvalue weighted by atomic mass is 32.2. The van der Waals surface area contributed by atoms with Crippen LogP contribution in [-0.2, 0) is 16.4 Å². The number of hydrogen-bond acceptors (Lipinski definition) is 7. The van der Waals surface area contributed by atoms with E-state index in [0.717, 1.165) is 21.5 Å². The van der Waals surface area contributed by atoms with E-state index in [2.05, 4.69) is 21.9 Å². The van der Waals surface area contributed by atoms with Crippen molar-refractivity contribution in [3.8, 4) is 21.9 Å². The summed E-state index contributed by atoms with van der Waals surface area (Å²) in [7, 11) is -1.35. The molecule has 0 spiro atoms. The Morgan fingerprint density at radius 1 is 1.13 bits per heavy atom. The molecule has 0 amide bonds. The van der Waals surface area contributed by atoms with E-state index < -0.39 is 9.71 Å². The summed E-state index contributed by atoms with van der Waals surface area (Å²) in [5.74, 6) is 0.907. The van der Waals surface area contributed by atoms with Gasteiger partial charge in [0.25, 0.3) is 0 Å². The topological polar surface area (TPSA) is 109 Å². The zero-order valence-corrected chi connectivity index (χ0v) is 22.6. The number of para-hydroxylation sites is 1. The lowest BCUT2D eigenvalue weighted by Crippen LogP contribution is -2.13. The molecule has 2 N–H and O–H groups in total. The molecule has 1 atom stereocenters. The van der Waals surface area contributed by atoms with E-state index >= 15 is 0 Å². The second kappa shape index (κ2) is 11.1. The van der Waals surface area contributed by atoms with Crippen molar-refractivity contribution in [1.29, 1.82) is 0 Å². The van der Waals surface area contributed by atoms with Crippen molar-refractivity contribution >= 4 is 49.0 Å². The van der Waals surface area contributed by atoms with Crippen molar-refractivity contribution in [2.24, 2.45) is 5.14 Å². The SMILES string of the molecule is C=C=S(N)(=O)c1ccc(C(=O)/C=C/c2cc(-c3cccs3)c(OC)cc2OCn2nnc3ccccc32)cc1. The molecule has 0 aliphatic heterocycles. The number of carbonyl (C=O) groups excluding carboxylic acids is 1. The maximum Gasteiger partial charge on any atom is 0.185 e. The molecule has 3 aromatic carbocycles. The van der Waals surface area contributed by atoms with Gasteiger partial charge < -0.3 is 9.47 Å². The summed E-state index contributed by atoms with van der Waals surface area (Å²) in [5, 5.41) is 18.4. The van der Waals surface area contributed by atoms with Crippen molar-refractivity contribution in [3.63, 3.8) is 0 Å². The third-order valence-corrected chi connectivity index (χ3v) is 8.30. The maximum atomic E-state index is 13.0. The fourth-order valence-corrected chi connectivity index (χ4v) is 5.39. The van der Waals surface area contributed by atoms with Crippen LogP contribution in [0.5, 0.6) is 11.5 Å². The largest absolute Gasteiger partial charge is 0.496 e. The average molecular weight is 557 g/mol. The Hall–Kier alpha value is -4.47. The van der Waals surface area contributed by atoms with E-state index in [4.69, 9.17) is 14.6 Å². The minimum Gasteiger partial charge on any atom is -0.496 e. The van der Waals surface area contributed by atoms with E-state index in [-0.39, 0.29) is 12.5 Å². The molecule has 1 unspecified atom stereocenters. The first-order chi connectivity index (χ1) is 18.9. The highest BCUT2D eigenvalue weighted by Gasteiger charge is 2.15. The lowest BCUT2D eigenvalue weighted by Gasteiger charge is -2.14. The van der Waals surface area contributed by atoms with Crippen LogP contribution in [0.1, 0.15) is 15.9 Å². The number of ketones is 1. The maximum absolute atomic E-state index is 13.0. The summed E-state index contributed by atoms with van der Waals surface area (Å²) in [4.78, 5) is 14.4. The van der Waals surface area contributed by atoms with Gasteiger partial charge in [0.2, 0.25) is 0 Å². The zero-order valence-electron chi connectivity index (χ0n) is 20.9. The van der Waals surface area contributed by atoms with Crippen molar-refractivity contribution < 1.29 is 18.5 Å². The number of nitrogens with two attached hydrogens (primary N) is 1. The molecule has 0 aliphatic carbocycles. The monoisotopic (exact) mass is 556 g/mol. The predicted octanol–water partition coefficient (Wildman–Crippen LogP) is 5.21. The van der Waals surface area contributed by atoms with Gasteiger partial charge in [-0.2, -0.15) is 0 Å². The molecule has 0 radical (unpaired) electrons. The number of benzene rings is 3. The van der Waals surface area contributed by atoms with E-state index in [9.17, 15) is 9.00 Å². The number of nitrogens with zero attached hydrogens (tertiary/aromatic N) is 3. The highest BCUT2D eigenvalue weighted by molar-refractivity contribution is 7.98. The first kappa shape index (κ1) is 26.1. The fourth-order valence-electron chi connectivity index (χ4n) is 3.94. The number of fused-ring (bicyclic) bond motifs is 1. The number of rotatable bonds is 9. The molecule has 8 nitrogen and oxygen atoms in total. The fraction of sp³-hybridized carbons (Fsp3) is 0.0690. The van der Waals surface area contributed by atoms with Gasteiger partial charge in [0.1, 0.15) is 17.0 Å². The van der Waals surface area contributed by atoms with Gasteiger partial charge in [-0.15, -0.1) is 16.4 Å². The third kappa shape index (κ3) is 5.55. The molecular formula is C29H24N4O4S2. The molecule has 196 valence electrons. The summed E-state index contributed by atoms with van der Waals surface area (Å²) in [5.41, 5.74) is 3.57. The molecule has 2 aromatic heterocycles. The van der Waals surface area contributed by atoms with E-state index in [1.165, 1.54) is 6.08 Å². The molecule has 0 bridgehead atoms. The van der Waals surface area contributed by atoms with Gasteiger partial charge in [0.05, 0.1) is 27.2 Å². The van der Waals surface area contributed by atoms with Crippen LogP contribution >= 0.6 is 11.3 Å². The zero-order chi connectivity index (χ0) is 27.4. The normalized spacial score (nSPS) is 12.8. The Morgan fingerprint density at radius 2 is 1.92 bits per heavy atom. The van der Waals surface area contributed by atoms with Gasteiger partial charge in [0.15, 0.2) is 12.5 Å². The molecule has 5 aromatic rings. The molecule has 0 saturated carbocycles. The Morgan fingerprint density at radius 3 is 2.64 bits per heavy atom. The van der Waals surface area contributed by atoms with Gasteiger partial charge >= 0.3 is 0 Å². The summed E-state index contributed by atoms with van der Waals surface area (Å²) < 4.78 is 25.8. The van der Waals surface area contributed by atoms with Gasteiger partial charge in [-0.05, 0) is 77.7 Å². The lowest BCUT2D eigenvalue weighted by molar-refractivity contribution is 0.104. The predicted molar refractivity (Wildman–Crippen MR) is 155 cm³/mol. The van der Waals surface area contributed by atoms with E-state index in [1.54, 1.807) is 59.5 Å². The first-order valence-corrected chi connectivity index (χ1v) is 14.2. The molecule has 39 heavy (non-hydrogen) atoms. The second-order valence-electron chi connectivity index (χ2n) is 8.39. The Labute approximate surface area is 229 Å². The van der Waals surface area contributed by atoms with Crippen molar-refractivity contribution in [3.05, 3.63) is 102 Å². The van der Waals surface area contributed by atoms with Gasteiger partial charge in [-0.1, -0.05) is 23.4 Å². The Kier molecular flexibility index (Phi) is 7.44. The number of carbonyl (C=O) groups is 1. The molecule has 0 aliphatic rings. The minimum atomic E-state index is -2.95. The molecule has 0 fully saturated rings. The summed E-state index contributed by atoms with van der Waals surface area (Å²) >= 11 is 1.58. The summed E-state index contributed by atoms with van der Waals surface area (Å²) in [6, 6.07) is 21.5. The molecular weight excluding hydrogens is 532 g/mol. The summed E-state index contributed by atoms with van der Waals surface area (Å²) in [6.07, 6.45) is 3.16. The van der Waals surface area contributed by atoms with Crippen LogP contribution in [0.4, 0.5) is 0 Å². The number of ether oxygens (including phenoxy) is 2. The molecule has 0 saturated heterocycles. The van der Waals surface area contributed by atoms with Crippen LogP contribution in [0.15, 0.2) is 95.7 Å². The molecule has 2 heterocycles. The van der Waals surface area contributed by atoms with Crippen LogP contribution in [0, 0.1) is 0 Å². The standard InChI is InChI=1S/C29H24N4O4S2/c1-3-39(30,35)22-13-10-20(11-14-22)26(34)15-12-21-17-23(29-9-6-16-38-29)28(36-2)18-27(21)37-19-33-25-8-5-4-7-24(25)31-32-33/h4-18H,1,19H2,2H3,(H2,30,35)/b15-12+. The molecule has 5 rings (SSSR count). The number of aromatic nitrogens is 3. The number of hydrogen-bond donors (Lipinski definition) is 1. The highest BCUT2D eigenvalue weighted by Crippen LogP contribution is 2.39. The van der Waals surface area contributed by atoms with Gasteiger partial charge in [0, 0.05) is 27.6 Å². The average Bonchev–Trinajstić information content (AvgIpc) is 3.65. The van der Waals surface area contributed by atoms with Crippen LogP contribution < -0.4 is 14.6 Å². The number of allylic oxidation sites excluding steroid dienone is 1. The van der Waals surface area contributed by atoms with Crippen LogP contribution in [-0.4, -0.2) is 37.1 Å². The number of methoxy groups -OCH3 is 1. The van der Waals surface area contributed by atoms with Crippen LogP contribution in [0.2, 0.25) is 0 Å². The summed E-state index contributed by atoms with van der Waals surface area (Å²) in [6.45, 7) is 3.50. The van der Waals surface area contributed by atoms with Gasteiger partial charge in [-0.3, -0.25) is 4.79 Å². The van der Waals surface area contributed by atoms with Crippen molar-refractivity contribution in [1.82, 2.24) is 15.0 Å². The lowest BCUT2D eigenvalue weighted by atomic mass is 10.0. The van der Waals surface area contributed by atoms with E-state index in [1.807, 2.05) is 47.8 Å². The minimum absolute atomic E-state index is 0.108. The van der Waals surface area contributed by atoms with Crippen molar-refractivity contribution in [2.75, 3.05) is 7.11 Å². The first-order valence-electron chi connectivity index (χ1n) is 11.7. The van der Waals surface area contributed by atoms with Gasteiger partial charge in [-0.25, -0.2) is 14.0 Å². The number of thiophene rings is 1.